The van der Waals surface area contributed by atoms with Gasteiger partial charge in [-0.05, 0) is 43.9 Å². The summed E-state index contributed by atoms with van der Waals surface area (Å²) in [6.45, 7) is 3.52. The number of benzene rings is 1. The molecule has 0 aromatic heterocycles. The van der Waals surface area contributed by atoms with Crippen LogP contribution in [0.1, 0.15) is 30.4 Å². The molecule has 1 aliphatic rings. The fourth-order valence-corrected chi connectivity index (χ4v) is 2.23. The summed E-state index contributed by atoms with van der Waals surface area (Å²) in [5, 5.41) is 0. The van der Waals surface area contributed by atoms with E-state index in [1.54, 1.807) is 0 Å². The van der Waals surface area contributed by atoms with Crippen LogP contribution in [0.4, 0.5) is 0 Å². The van der Waals surface area contributed by atoms with Crippen molar-refractivity contribution >= 4 is 5.91 Å². The van der Waals surface area contributed by atoms with Crippen molar-refractivity contribution < 1.29 is 4.79 Å². The van der Waals surface area contributed by atoms with Crippen LogP contribution < -0.4 is 5.73 Å². The van der Waals surface area contributed by atoms with E-state index in [-0.39, 0.29) is 5.91 Å². The maximum Gasteiger partial charge on any atom is 0.227 e. The van der Waals surface area contributed by atoms with Crippen LogP contribution >= 0.6 is 0 Å². The summed E-state index contributed by atoms with van der Waals surface area (Å²) in [6, 6.07) is 8.59. The lowest BCUT2D eigenvalue weighted by molar-refractivity contribution is -0.131. The Balaban J connectivity index is 1.98. The van der Waals surface area contributed by atoms with Crippen LogP contribution in [0.2, 0.25) is 0 Å². The Labute approximate surface area is 109 Å². The molecule has 0 radical (unpaired) electrons. The lowest BCUT2D eigenvalue weighted by Gasteiger charge is -2.22. The molecule has 1 saturated carbocycles. The Hall–Kier alpha value is -1.35. The Bertz CT molecular complexity index is 413. The molecule has 1 aromatic carbocycles. The third-order valence-corrected chi connectivity index (χ3v) is 3.51. The van der Waals surface area contributed by atoms with Crippen LogP contribution in [-0.2, 0) is 11.2 Å². The zero-order valence-electron chi connectivity index (χ0n) is 11.1. The molecular weight excluding hydrogens is 224 g/mol. The lowest BCUT2D eigenvalue weighted by atomic mass is 10.1. The van der Waals surface area contributed by atoms with E-state index in [9.17, 15) is 4.79 Å². The smallest absolute Gasteiger partial charge is 0.227 e. The first-order valence-electron chi connectivity index (χ1n) is 6.76. The van der Waals surface area contributed by atoms with Gasteiger partial charge in [-0.15, -0.1) is 0 Å². The van der Waals surface area contributed by atoms with Crippen LogP contribution in [0.3, 0.4) is 0 Å². The standard InChI is InChI=1S/C15H22N2O/c1-12-5-2-3-6-13(12)11-15(18)17(10-4-9-16)14-7-8-14/h2-3,5-6,14H,4,7-11,16H2,1H3. The quantitative estimate of drug-likeness (QED) is 0.833. The predicted octanol–water partition coefficient (Wildman–Crippen LogP) is 1.88. The summed E-state index contributed by atoms with van der Waals surface area (Å²) in [6.07, 6.45) is 3.73. The minimum atomic E-state index is 0.250. The minimum Gasteiger partial charge on any atom is -0.339 e. The summed E-state index contributed by atoms with van der Waals surface area (Å²) >= 11 is 0. The maximum absolute atomic E-state index is 12.3. The summed E-state index contributed by atoms with van der Waals surface area (Å²) in [7, 11) is 0. The van der Waals surface area contributed by atoms with Crippen LogP contribution in [0, 0.1) is 6.92 Å². The number of nitrogens with zero attached hydrogens (tertiary/aromatic N) is 1. The highest BCUT2D eigenvalue weighted by atomic mass is 16.2. The van der Waals surface area contributed by atoms with Gasteiger partial charge < -0.3 is 10.6 Å². The molecule has 1 fully saturated rings. The fourth-order valence-electron chi connectivity index (χ4n) is 2.23. The van der Waals surface area contributed by atoms with E-state index in [4.69, 9.17) is 5.73 Å². The van der Waals surface area contributed by atoms with Crippen molar-refractivity contribution in [2.75, 3.05) is 13.1 Å². The van der Waals surface area contributed by atoms with Gasteiger partial charge in [0.1, 0.15) is 0 Å². The molecule has 1 amide bonds. The summed E-state index contributed by atoms with van der Waals surface area (Å²) in [5.41, 5.74) is 7.87. The van der Waals surface area contributed by atoms with Crippen molar-refractivity contribution in [2.24, 2.45) is 5.73 Å². The number of amides is 1. The van der Waals surface area contributed by atoms with Crippen molar-refractivity contribution in [3.63, 3.8) is 0 Å². The summed E-state index contributed by atoms with van der Waals surface area (Å²) in [5.74, 6) is 0.250. The van der Waals surface area contributed by atoms with Gasteiger partial charge in [0.2, 0.25) is 5.91 Å². The van der Waals surface area contributed by atoms with Gasteiger partial charge in [0.15, 0.2) is 0 Å². The number of hydrogen-bond donors (Lipinski definition) is 1. The van der Waals surface area contributed by atoms with Gasteiger partial charge in [0.05, 0.1) is 6.42 Å². The highest BCUT2D eigenvalue weighted by Gasteiger charge is 2.31. The second-order valence-corrected chi connectivity index (χ2v) is 5.06. The highest BCUT2D eigenvalue weighted by Crippen LogP contribution is 2.27. The molecule has 0 aliphatic heterocycles. The average molecular weight is 246 g/mol. The molecular formula is C15H22N2O. The number of aryl methyl sites for hydroxylation is 1. The highest BCUT2D eigenvalue weighted by molar-refractivity contribution is 5.79. The van der Waals surface area contributed by atoms with Crippen LogP contribution in [0.15, 0.2) is 24.3 Å². The molecule has 0 atom stereocenters. The van der Waals surface area contributed by atoms with Crippen LogP contribution in [0.25, 0.3) is 0 Å². The molecule has 0 bridgehead atoms. The molecule has 3 nitrogen and oxygen atoms in total. The van der Waals surface area contributed by atoms with Crippen molar-refractivity contribution in [3.05, 3.63) is 35.4 Å². The maximum atomic E-state index is 12.3. The molecule has 98 valence electrons. The monoisotopic (exact) mass is 246 g/mol. The van der Waals surface area contributed by atoms with E-state index in [2.05, 4.69) is 13.0 Å². The normalized spacial score (nSPS) is 14.6. The van der Waals surface area contributed by atoms with Crippen molar-refractivity contribution in [3.8, 4) is 0 Å². The number of nitrogens with two attached hydrogens (primary N) is 1. The van der Waals surface area contributed by atoms with E-state index in [0.717, 1.165) is 31.4 Å². The largest absolute Gasteiger partial charge is 0.339 e. The van der Waals surface area contributed by atoms with Crippen molar-refractivity contribution in [1.29, 1.82) is 0 Å². The summed E-state index contributed by atoms with van der Waals surface area (Å²) < 4.78 is 0. The third kappa shape index (κ3) is 3.33. The van der Waals surface area contributed by atoms with Crippen molar-refractivity contribution in [1.82, 2.24) is 4.90 Å². The number of rotatable bonds is 6. The van der Waals surface area contributed by atoms with Crippen LogP contribution in [0.5, 0.6) is 0 Å². The van der Waals surface area contributed by atoms with Crippen molar-refractivity contribution in [2.45, 2.75) is 38.6 Å². The molecule has 2 rings (SSSR count). The first-order valence-corrected chi connectivity index (χ1v) is 6.76. The average Bonchev–Trinajstić information content (AvgIpc) is 3.17. The first kappa shape index (κ1) is 13.1. The number of hydrogen-bond acceptors (Lipinski definition) is 2. The van der Waals surface area contributed by atoms with Gasteiger partial charge in [-0.2, -0.15) is 0 Å². The molecule has 3 heteroatoms. The van der Waals surface area contributed by atoms with Gasteiger partial charge in [-0.25, -0.2) is 0 Å². The Morgan fingerprint density at radius 3 is 2.72 bits per heavy atom. The van der Waals surface area contributed by atoms with Gasteiger partial charge in [0, 0.05) is 12.6 Å². The van der Waals surface area contributed by atoms with Crippen LogP contribution in [-0.4, -0.2) is 29.9 Å². The minimum absolute atomic E-state index is 0.250. The lowest BCUT2D eigenvalue weighted by Crippen LogP contribution is -2.36. The second kappa shape index (κ2) is 6.01. The molecule has 1 aliphatic carbocycles. The topological polar surface area (TPSA) is 46.3 Å². The van der Waals surface area contributed by atoms with Gasteiger partial charge in [0.25, 0.3) is 0 Å². The van der Waals surface area contributed by atoms with E-state index in [1.807, 2.05) is 23.1 Å². The van der Waals surface area contributed by atoms with E-state index in [1.165, 1.54) is 5.56 Å². The second-order valence-electron chi connectivity index (χ2n) is 5.06. The molecule has 0 spiro atoms. The number of carbonyl (C=O) groups is 1. The van der Waals surface area contributed by atoms with E-state index < -0.39 is 0 Å². The molecule has 0 unspecified atom stereocenters. The zero-order chi connectivity index (χ0) is 13.0. The van der Waals surface area contributed by atoms with Gasteiger partial charge in [-0.1, -0.05) is 24.3 Å². The zero-order valence-corrected chi connectivity index (χ0v) is 11.1. The Morgan fingerprint density at radius 2 is 2.11 bits per heavy atom. The first-order chi connectivity index (χ1) is 8.72. The molecule has 1 aromatic rings. The molecule has 2 N–H and O–H groups in total. The van der Waals surface area contributed by atoms with E-state index >= 15 is 0 Å². The Kier molecular flexibility index (Phi) is 4.37. The molecule has 0 saturated heterocycles. The van der Waals surface area contributed by atoms with Gasteiger partial charge >= 0.3 is 0 Å². The fraction of sp³-hybridized carbons (Fsp3) is 0.533. The molecule has 18 heavy (non-hydrogen) atoms. The third-order valence-electron chi connectivity index (χ3n) is 3.51. The Morgan fingerprint density at radius 1 is 1.39 bits per heavy atom. The predicted molar refractivity (Wildman–Crippen MR) is 73.3 cm³/mol. The van der Waals surface area contributed by atoms with Gasteiger partial charge in [-0.3, -0.25) is 4.79 Å². The summed E-state index contributed by atoms with van der Waals surface area (Å²) in [4.78, 5) is 14.4. The number of carbonyl (C=O) groups excluding carboxylic acids is 1. The SMILES string of the molecule is Cc1ccccc1CC(=O)N(CCCN)C1CC1. The van der Waals surface area contributed by atoms with E-state index in [0.29, 0.717) is 19.0 Å². The molecule has 0 heterocycles.